The van der Waals surface area contributed by atoms with Crippen LogP contribution in [0.15, 0.2) is 16.6 Å². The maximum Gasteiger partial charge on any atom is 0.344 e. The third-order valence-electron chi connectivity index (χ3n) is 3.18. The molecule has 4 nitrogen and oxygen atoms in total. The molecule has 116 valence electrons. The molecule has 0 heterocycles. The number of aryl methyl sites for hydroxylation is 1. The van der Waals surface area contributed by atoms with E-state index in [1.165, 1.54) is 12.8 Å². The number of halogens is 1. The Bertz CT molecular complexity index is 512. The molecule has 1 saturated carbocycles. The maximum absolute atomic E-state index is 11.6. The number of carbonyl (C=O) groups is 1. The highest BCUT2D eigenvalue weighted by molar-refractivity contribution is 9.10. The largest absolute Gasteiger partial charge is 0.481 e. The highest BCUT2D eigenvalue weighted by Gasteiger charge is 2.21. The summed E-state index contributed by atoms with van der Waals surface area (Å²) >= 11 is 3.51. The first-order valence-electron chi connectivity index (χ1n) is 7.30. The molecule has 1 N–H and O–H groups in total. The molecular weight excluding hydrogens is 334 g/mol. The number of rotatable bonds is 7. The number of ether oxygens (including phenoxy) is 2. The Morgan fingerprint density at radius 2 is 2.14 bits per heavy atom. The predicted octanol–water partition coefficient (Wildman–Crippen LogP) is 3.34. The fraction of sp³-hybridized carbons (Fsp3) is 0.562. The van der Waals surface area contributed by atoms with Crippen LogP contribution in [0.5, 0.6) is 5.75 Å². The molecule has 0 bridgehead atoms. The average molecular weight is 356 g/mol. The van der Waals surface area contributed by atoms with Crippen molar-refractivity contribution in [2.24, 2.45) is 0 Å². The lowest BCUT2D eigenvalue weighted by Crippen LogP contribution is -2.21. The highest BCUT2D eigenvalue weighted by Crippen LogP contribution is 2.29. The summed E-state index contributed by atoms with van der Waals surface area (Å²) in [5, 5.41) is 3.47. The number of hydrogen-bond donors (Lipinski definition) is 1. The summed E-state index contributed by atoms with van der Waals surface area (Å²) in [5.74, 6) is 0.431. The van der Waals surface area contributed by atoms with Gasteiger partial charge in [0.05, 0.1) is 6.10 Å². The van der Waals surface area contributed by atoms with E-state index in [-0.39, 0.29) is 18.7 Å². The van der Waals surface area contributed by atoms with E-state index in [0.29, 0.717) is 6.04 Å². The molecular formula is C16H22BrNO3. The van der Waals surface area contributed by atoms with Crippen molar-refractivity contribution in [1.82, 2.24) is 5.32 Å². The SMILES string of the molecule is Cc1cc(Br)cc(CNC2CC2)c1OCC(=O)OC(C)C. The minimum absolute atomic E-state index is 0.0585. The Hall–Kier alpha value is -1.07. The molecule has 0 amide bonds. The van der Waals surface area contributed by atoms with Gasteiger partial charge in [-0.3, -0.25) is 0 Å². The minimum atomic E-state index is -0.339. The molecule has 0 spiro atoms. The van der Waals surface area contributed by atoms with Crippen molar-refractivity contribution in [3.8, 4) is 5.75 Å². The van der Waals surface area contributed by atoms with Crippen LogP contribution in [0.2, 0.25) is 0 Å². The van der Waals surface area contributed by atoms with Gasteiger partial charge in [0.15, 0.2) is 6.61 Å². The minimum Gasteiger partial charge on any atom is -0.481 e. The van der Waals surface area contributed by atoms with Crippen molar-refractivity contribution in [2.45, 2.75) is 52.3 Å². The monoisotopic (exact) mass is 355 g/mol. The van der Waals surface area contributed by atoms with E-state index in [4.69, 9.17) is 9.47 Å². The molecule has 1 aromatic carbocycles. The number of hydrogen-bond acceptors (Lipinski definition) is 4. The number of benzene rings is 1. The van der Waals surface area contributed by atoms with E-state index in [2.05, 4.69) is 21.2 Å². The first-order chi connectivity index (χ1) is 9.95. The van der Waals surface area contributed by atoms with Crippen LogP contribution < -0.4 is 10.1 Å². The van der Waals surface area contributed by atoms with Gasteiger partial charge < -0.3 is 14.8 Å². The van der Waals surface area contributed by atoms with E-state index in [1.54, 1.807) is 0 Å². The summed E-state index contributed by atoms with van der Waals surface area (Å²) < 4.78 is 11.8. The Balaban J connectivity index is 2.03. The molecule has 21 heavy (non-hydrogen) atoms. The summed E-state index contributed by atoms with van der Waals surface area (Å²) in [5.41, 5.74) is 2.07. The second-order valence-electron chi connectivity index (χ2n) is 5.69. The lowest BCUT2D eigenvalue weighted by atomic mass is 10.1. The Labute approximate surface area is 134 Å². The quantitative estimate of drug-likeness (QED) is 0.762. The summed E-state index contributed by atoms with van der Waals surface area (Å²) in [6.07, 6.45) is 2.36. The van der Waals surface area contributed by atoms with E-state index >= 15 is 0 Å². The van der Waals surface area contributed by atoms with Crippen molar-refractivity contribution in [2.75, 3.05) is 6.61 Å². The second-order valence-corrected chi connectivity index (χ2v) is 6.61. The van der Waals surface area contributed by atoms with Crippen molar-refractivity contribution in [1.29, 1.82) is 0 Å². The van der Waals surface area contributed by atoms with Crippen LogP contribution in [-0.2, 0) is 16.1 Å². The van der Waals surface area contributed by atoms with Crippen LogP contribution in [-0.4, -0.2) is 24.7 Å². The van der Waals surface area contributed by atoms with Gasteiger partial charge >= 0.3 is 5.97 Å². The van der Waals surface area contributed by atoms with Crippen molar-refractivity contribution < 1.29 is 14.3 Å². The summed E-state index contributed by atoms with van der Waals surface area (Å²) in [4.78, 5) is 11.6. The van der Waals surface area contributed by atoms with Crippen molar-refractivity contribution in [3.05, 3.63) is 27.7 Å². The third-order valence-corrected chi connectivity index (χ3v) is 3.63. The topological polar surface area (TPSA) is 47.6 Å². The molecule has 0 aliphatic heterocycles. The molecule has 0 unspecified atom stereocenters. The molecule has 0 radical (unpaired) electrons. The molecule has 1 aromatic rings. The number of nitrogens with one attached hydrogen (secondary N) is 1. The molecule has 1 aliphatic carbocycles. The normalized spacial score (nSPS) is 14.3. The van der Waals surface area contributed by atoms with Crippen LogP contribution >= 0.6 is 15.9 Å². The standard InChI is InChI=1S/C16H22BrNO3/c1-10(2)21-15(19)9-20-16-11(3)6-13(17)7-12(16)8-18-14-4-5-14/h6-7,10,14,18H,4-5,8-9H2,1-3H3. The second kappa shape index (κ2) is 7.27. The molecule has 2 rings (SSSR count). The lowest BCUT2D eigenvalue weighted by Gasteiger charge is -2.16. The molecule has 1 fully saturated rings. The van der Waals surface area contributed by atoms with Gasteiger partial charge in [-0.05, 0) is 51.3 Å². The Morgan fingerprint density at radius 3 is 2.76 bits per heavy atom. The third kappa shape index (κ3) is 5.32. The van der Waals surface area contributed by atoms with Crippen molar-refractivity contribution in [3.63, 3.8) is 0 Å². The zero-order valence-electron chi connectivity index (χ0n) is 12.7. The number of esters is 1. The van der Waals surface area contributed by atoms with Crippen LogP contribution in [0, 0.1) is 6.92 Å². The summed E-state index contributed by atoms with van der Waals surface area (Å²) in [6, 6.07) is 4.65. The smallest absolute Gasteiger partial charge is 0.344 e. The summed E-state index contributed by atoms with van der Waals surface area (Å²) in [7, 11) is 0. The molecule has 1 aliphatic rings. The van der Waals surface area contributed by atoms with Gasteiger partial charge in [-0.25, -0.2) is 4.79 Å². The zero-order valence-corrected chi connectivity index (χ0v) is 14.3. The number of carbonyl (C=O) groups excluding carboxylic acids is 1. The van der Waals surface area contributed by atoms with Crippen LogP contribution in [0.1, 0.15) is 37.8 Å². The highest BCUT2D eigenvalue weighted by atomic mass is 79.9. The zero-order chi connectivity index (χ0) is 15.4. The Morgan fingerprint density at radius 1 is 1.43 bits per heavy atom. The lowest BCUT2D eigenvalue weighted by molar-refractivity contribution is -0.149. The van der Waals surface area contributed by atoms with E-state index < -0.39 is 0 Å². The van der Waals surface area contributed by atoms with Gasteiger partial charge in [-0.15, -0.1) is 0 Å². The predicted molar refractivity (Wildman–Crippen MR) is 85.5 cm³/mol. The summed E-state index contributed by atoms with van der Waals surface area (Å²) in [6.45, 7) is 6.33. The van der Waals surface area contributed by atoms with Gasteiger partial charge in [0.1, 0.15) is 5.75 Å². The molecule has 0 atom stereocenters. The fourth-order valence-electron chi connectivity index (χ4n) is 2.11. The maximum atomic E-state index is 11.6. The van der Waals surface area contributed by atoms with E-state index in [9.17, 15) is 4.79 Å². The van der Waals surface area contributed by atoms with Gasteiger partial charge in [-0.2, -0.15) is 0 Å². The van der Waals surface area contributed by atoms with E-state index in [1.807, 2.05) is 32.9 Å². The Kier molecular flexibility index (Phi) is 5.65. The van der Waals surface area contributed by atoms with Crippen molar-refractivity contribution >= 4 is 21.9 Å². The van der Waals surface area contributed by atoms with Crippen LogP contribution in [0.4, 0.5) is 0 Å². The van der Waals surface area contributed by atoms with Gasteiger partial charge in [0.25, 0.3) is 0 Å². The average Bonchev–Trinajstić information content (AvgIpc) is 3.17. The fourth-order valence-corrected chi connectivity index (χ4v) is 2.73. The van der Waals surface area contributed by atoms with Crippen LogP contribution in [0.25, 0.3) is 0 Å². The van der Waals surface area contributed by atoms with E-state index in [0.717, 1.165) is 27.9 Å². The van der Waals surface area contributed by atoms with Crippen LogP contribution in [0.3, 0.4) is 0 Å². The van der Waals surface area contributed by atoms with Gasteiger partial charge in [0, 0.05) is 22.6 Å². The molecule has 5 heteroatoms. The van der Waals surface area contributed by atoms with Gasteiger partial charge in [0.2, 0.25) is 0 Å². The first kappa shape index (κ1) is 16.3. The van der Waals surface area contributed by atoms with Gasteiger partial charge in [-0.1, -0.05) is 15.9 Å². The first-order valence-corrected chi connectivity index (χ1v) is 8.09. The molecule has 0 aromatic heterocycles. The molecule has 0 saturated heterocycles.